The van der Waals surface area contributed by atoms with E-state index in [-0.39, 0.29) is 12.4 Å². The summed E-state index contributed by atoms with van der Waals surface area (Å²) in [6, 6.07) is 5.45. The second-order valence-electron chi connectivity index (χ2n) is 4.00. The smallest absolute Gasteiger partial charge is 0.325 e. The lowest BCUT2D eigenvalue weighted by atomic mass is 10.1. The molecule has 1 rings (SSSR count). The van der Waals surface area contributed by atoms with Crippen molar-refractivity contribution in [2.45, 2.75) is 19.9 Å². The maximum absolute atomic E-state index is 11.4. The fourth-order valence-corrected chi connectivity index (χ4v) is 1.30. The third-order valence-corrected chi connectivity index (χ3v) is 2.36. The van der Waals surface area contributed by atoms with Gasteiger partial charge in [-0.2, -0.15) is 0 Å². The lowest BCUT2D eigenvalue weighted by molar-refractivity contribution is -0.141. The molecule has 0 saturated heterocycles. The van der Waals surface area contributed by atoms with E-state index in [0.29, 0.717) is 11.3 Å². The highest BCUT2D eigenvalue weighted by Gasteiger charge is 2.14. The molecule has 1 aromatic carbocycles. The normalized spacial score (nSPS) is 11.5. The Kier molecular flexibility index (Phi) is 5.05. The van der Waals surface area contributed by atoms with Gasteiger partial charge in [-0.1, -0.05) is 12.1 Å². The molecule has 0 aliphatic heterocycles. The van der Waals surface area contributed by atoms with Gasteiger partial charge in [0.15, 0.2) is 12.4 Å². The molecule has 102 valence electrons. The van der Waals surface area contributed by atoms with Gasteiger partial charge in [0.25, 0.3) is 5.91 Å². The van der Waals surface area contributed by atoms with Crippen LogP contribution in [0.3, 0.4) is 0 Å². The lowest BCUT2D eigenvalue weighted by Gasteiger charge is -2.10. The standard InChI is InChI=1S/C13H15NO5/c1-8(13(17)18)14-12(16)7-19-11-5-3-4-10(6-11)9(2)15/h3-6,8H,7H2,1-2H3,(H,14,16)(H,17,18)/t8-/m1/s1. The monoisotopic (exact) mass is 265 g/mol. The predicted octanol–water partition coefficient (Wildman–Crippen LogP) is 0.857. The lowest BCUT2D eigenvalue weighted by Crippen LogP contribution is -2.40. The van der Waals surface area contributed by atoms with Crippen LogP contribution in [0.4, 0.5) is 0 Å². The molecule has 6 heteroatoms. The number of carboxylic acids is 1. The second-order valence-corrected chi connectivity index (χ2v) is 4.00. The number of hydrogen-bond acceptors (Lipinski definition) is 4. The molecule has 2 N–H and O–H groups in total. The van der Waals surface area contributed by atoms with E-state index in [9.17, 15) is 14.4 Å². The zero-order chi connectivity index (χ0) is 14.4. The number of benzene rings is 1. The summed E-state index contributed by atoms with van der Waals surface area (Å²) in [5.41, 5.74) is 0.483. The summed E-state index contributed by atoms with van der Waals surface area (Å²) >= 11 is 0. The Morgan fingerprint density at radius 3 is 2.63 bits per heavy atom. The minimum absolute atomic E-state index is 0.102. The quantitative estimate of drug-likeness (QED) is 0.744. The summed E-state index contributed by atoms with van der Waals surface area (Å²) in [4.78, 5) is 33.1. The van der Waals surface area contributed by atoms with E-state index >= 15 is 0 Å². The topological polar surface area (TPSA) is 92.7 Å². The van der Waals surface area contributed by atoms with Crippen molar-refractivity contribution in [1.29, 1.82) is 0 Å². The number of carbonyl (C=O) groups excluding carboxylic acids is 2. The van der Waals surface area contributed by atoms with Crippen LogP contribution in [-0.4, -0.2) is 35.4 Å². The van der Waals surface area contributed by atoms with Gasteiger partial charge in [0.1, 0.15) is 11.8 Å². The van der Waals surface area contributed by atoms with Crippen molar-refractivity contribution in [1.82, 2.24) is 5.32 Å². The highest BCUT2D eigenvalue weighted by atomic mass is 16.5. The molecular formula is C13H15NO5. The predicted molar refractivity (Wildman–Crippen MR) is 67.2 cm³/mol. The van der Waals surface area contributed by atoms with Crippen LogP contribution in [0.25, 0.3) is 0 Å². The van der Waals surface area contributed by atoms with E-state index in [2.05, 4.69) is 5.32 Å². The van der Waals surface area contributed by atoms with E-state index in [0.717, 1.165) is 0 Å². The maximum atomic E-state index is 11.4. The fourth-order valence-electron chi connectivity index (χ4n) is 1.30. The van der Waals surface area contributed by atoms with Gasteiger partial charge in [0, 0.05) is 5.56 Å². The van der Waals surface area contributed by atoms with Crippen LogP contribution in [-0.2, 0) is 9.59 Å². The number of rotatable bonds is 6. The van der Waals surface area contributed by atoms with E-state index in [1.165, 1.54) is 19.9 Å². The van der Waals surface area contributed by atoms with E-state index in [1.807, 2.05) is 0 Å². The number of carboxylic acid groups (broad SMARTS) is 1. The van der Waals surface area contributed by atoms with Gasteiger partial charge < -0.3 is 15.2 Å². The van der Waals surface area contributed by atoms with Crippen molar-refractivity contribution >= 4 is 17.7 Å². The van der Waals surface area contributed by atoms with Crippen LogP contribution >= 0.6 is 0 Å². The largest absolute Gasteiger partial charge is 0.484 e. The zero-order valence-corrected chi connectivity index (χ0v) is 10.7. The molecule has 0 heterocycles. The Morgan fingerprint density at radius 2 is 2.05 bits per heavy atom. The minimum Gasteiger partial charge on any atom is -0.484 e. The van der Waals surface area contributed by atoms with Crippen LogP contribution in [0.1, 0.15) is 24.2 Å². The molecule has 0 radical (unpaired) electrons. The molecule has 1 aromatic rings. The summed E-state index contributed by atoms with van der Waals surface area (Å²) in [7, 11) is 0. The summed E-state index contributed by atoms with van der Waals surface area (Å²) in [6.45, 7) is 2.48. The Balaban J connectivity index is 2.53. The Hall–Kier alpha value is -2.37. The number of ketones is 1. The third kappa shape index (κ3) is 4.79. The third-order valence-electron chi connectivity index (χ3n) is 2.36. The molecule has 1 atom stereocenters. The summed E-state index contributed by atoms with van der Waals surface area (Å²) in [6.07, 6.45) is 0. The van der Waals surface area contributed by atoms with E-state index in [4.69, 9.17) is 9.84 Å². The number of nitrogens with one attached hydrogen (secondary N) is 1. The van der Waals surface area contributed by atoms with E-state index < -0.39 is 17.9 Å². The fraction of sp³-hybridized carbons (Fsp3) is 0.308. The molecule has 0 aliphatic carbocycles. The molecule has 0 fully saturated rings. The summed E-state index contributed by atoms with van der Waals surface area (Å²) in [5, 5.41) is 10.9. The maximum Gasteiger partial charge on any atom is 0.325 e. The first-order valence-corrected chi connectivity index (χ1v) is 5.66. The number of ether oxygens (including phenoxy) is 1. The van der Waals surface area contributed by atoms with Crippen LogP contribution in [0.5, 0.6) is 5.75 Å². The molecule has 1 amide bonds. The van der Waals surface area contributed by atoms with Crippen molar-refractivity contribution < 1.29 is 24.2 Å². The Bertz CT molecular complexity index is 498. The number of hydrogen-bond donors (Lipinski definition) is 2. The van der Waals surface area contributed by atoms with Crippen LogP contribution in [0.15, 0.2) is 24.3 Å². The SMILES string of the molecule is CC(=O)c1cccc(OCC(=O)N[C@H](C)C(=O)O)c1. The zero-order valence-electron chi connectivity index (χ0n) is 10.7. The molecule has 0 unspecified atom stereocenters. The molecule has 0 aliphatic rings. The van der Waals surface area contributed by atoms with Crippen molar-refractivity contribution in [3.8, 4) is 5.75 Å². The first kappa shape index (κ1) is 14.7. The van der Waals surface area contributed by atoms with Gasteiger partial charge in [0.2, 0.25) is 0 Å². The molecule has 6 nitrogen and oxygen atoms in total. The number of amides is 1. The highest BCUT2D eigenvalue weighted by Crippen LogP contribution is 2.13. The number of carbonyl (C=O) groups is 3. The average Bonchev–Trinajstić information content (AvgIpc) is 2.36. The van der Waals surface area contributed by atoms with Gasteiger partial charge in [-0.3, -0.25) is 14.4 Å². The van der Waals surface area contributed by atoms with Crippen LogP contribution in [0.2, 0.25) is 0 Å². The first-order chi connectivity index (χ1) is 8.90. The highest BCUT2D eigenvalue weighted by molar-refractivity contribution is 5.94. The summed E-state index contributed by atoms with van der Waals surface area (Å²) in [5.74, 6) is -1.38. The van der Waals surface area contributed by atoms with Gasteiger partial charge in [-0.25, -0.2) is 0 Å². The molecule has 0 spiro atoms. The van der Waals surface area contributed by atoms with Gasteiger partial charge in [-0.15, -0.1) is 0 Å². The first-order valence-electron chi connectivity index (χ1n) is 5.66. The molecular weight excluding hydrogens is 250 g/mol. The van der Waals surface area contributed by atoms with E-state index in [1.54, 1.807) is 18.2 Å². The molecule has 0 saturated carbocycles. The van der Waals surface area contributed by atoms with Gasteiger partial charge in [0.05, 0.1) is 0 Å². The summed E-state index contributed by atoms with van der Waals surface area (Å²) < 4.78 is 5.18. The Labute approximate surface area is 110 Å². The molecule has 0 aromatic heterocycles. The average molecular weight is 265 g/mol. The van der Waals surface area contributed by atoms with Crippen LogP contribution < -0.4 is 10.1 Å². The van der Waals surface area contributed by atoms with Crippen molar-refractivity contribution in [2.24, 2.45) is 0 Å². The number of aliphatic carboxylic acids is 1. The molecule has 19 heavy (non-hydrogen) atoms. The number of Topliss-reactive ketones (excluding diaryl/α,β-unsaturated/α-hetero) is 1. The van der Waals surface area contributed by atoms with Crippen molar-refractivity contribution in [3.05, 3.63) is 29.8 Å². The van der Waals surface area contributed by atoms with Crippen molar-refractivity contribution in [3.63, 3.8) is 0 Å². The Morgan fingerprint density at radius 1 is 1.37 bits per heavy atom. The molecule has 0 bridgehead atoms. The second kappa shape index (κ2) is 6.53. The van der Waals surface area contributed by atoms with Gasteiger partial charge in [-0.05, 0) is 26.0 Å². The minimum atomic E-state index is -1.12. The van der Waals surface area contributed by atoms with Gasteiger partial charge >= 0.3 is 5.97 Å². The van der Waals surface area contributed by atoms with Crippen LogP contribution in [0, 0.1) is 0 Å². The van der Waals surface area contributed by atoms with Crippen molar-refractivity contribution in [2.75, 3.05) is 6.61 Å².